The fourth-order valence-electron chi connectivity index (χ4n) is 1.91. The van der Waals surface area contributed by atoms with Crippen molar-refractivity contribution in [3.63, 3.8) is 0 Å². The highest BCUT2D eigenvalue weighted by Gasteiger charge is 2.11. The van der Waals surface area contributed by atoms with Crippen molar-refractivity contribution in [2.75, 3.05) is 20.6 Å². The topological polar surface area (TPSA) is 51.4 Å². The first-order valence-corrected chi connectivity index (χ1v) is 6.70. The fraction of sp³-hybridized carbons (Fsp3) is 0.467. The van der Waals surface area contributed by atoms with Crippen LogP contribution in [0.5, 0.6) is 0 Å². The van der Waals surface area contributed by atoms with Crippen LogP contribution in [0.15, 0.2) is 23.2 Å². The number of halogens is 2. The number of rotatable bonds is 6. The molecular weight excluding hydrogens is 274 g/mol. The summed E-state index contributed by atoms with van der Waals surface area (Å²) in [6.45, 7) is 2.54. The van der Waals surface area contributed by atoms with Gasteiger partial charge in [0.1, 0.15) is 5.84 Å². The van der Waals surface area contributed by atoms with E-state index in [9.17, 15) is 8.78 Å². The maximum absolute atomic E-state index is 12.8. The van der Waals surface area contributed by atoms with Crippen molar-refractivity contribution in [1.29, 1.82) is 5.26 Å². The third-order valence-electron chi connectivity index (χ3n) is 2.94. The van der Waals surface area contributed by atoms with Crippen LogP contribution in [0.25, 0.3) is 0 Å². The number of alkyl halides is 2. The lowest BCUT2D eigenvalue weighted by molar-refractivity contribution is 0.151. The molecule has 0 unspecified atom stereocenters. The third-order valence-corrected chi connectivity index (χ3v) is 2.94. The van der Waals surface area contributed by atoms with Crippen LogP contribution in [0.4, 0.5) is 14.5 Å². The first-order chi connectivity index (χ1) is 9.93. The van der Waals surface area contributed by atoms with E-state index in [1.807, 2.05) is 14.1 Å². The van der Waals surface area contributed by atoms with Gasteiger partial charge in [0, 0.05) is 5.56 Å². The van der Waals surface area contributed by atoms with Crippen molar-refractivity contribution in [2.24, 2.45) is 4.99 Å². The molecule has 0 atom stereocenters. The minimum Gasteiger partial charge on any atom is -0.309 e. The Morgan fingerprint density at radius 3 is 2.71 bits per heavy atom. The highest BCUT2D eigenvalue weighted by molar-refractivity contribution is 5.84. The summed E-state index contributed by atoms with van der Waals surface area (Å²) in [7, 11) is 3.97. The fourth-order valence-corrected chi connectivity index (χ4v) is 1.91. The van der Waals surface area contributed by atoms with Gasteiger partial charge in [-0.25, -0.2) is 13.8 Å². The molecule has 0 aliphatic heterocycles. The molecule has 0 heterocycles. The molecule has 0 amide bonds. The predicted molar refractivity (Wildman–Crippen MR) is 79.8 cm³/mol. The van der Waals surface area contributed by atoms with E-state index in [0.29, 0.717) is 11.5 Å². The highest BCUT2D eigenvalue weighted by Crippen LogP contribution is 2.28. The summed E-state index contributed by atoms with van der Waals surface area (Å²) in [5.41, 5.74) is 1.34. The van der Waals surface area contributed by atoms with Crippen LogP contribution in [0.2, 0.25) is 0 Å². The monoisotopic (exact) mass is 294 g/mol. The molecule has 1 rings (SSSR count). The number of hydrogen-bond acceptors (Lipinski definition) is 3. The summed E-state index contributed by atoms with van der Waals surface area (Å²) < 4.78 is 25.6. The van der Waals surface area contributed by atoms with Gasteiger partial charge >= 0.3 is 0 Å². The number of amidine groups is 1. The van der Waals surface area contributed by atoms with Crippen molar-refractivity contribution in [3.05, 3.63) is 29.3 Å². The molecule has 0 aliphatic carbocycles. The van der Waals surface area contributed by atoms with Crippen LogP contribution in [0.1, 0.15) is 30.9 Å². The van der Waals surface area contributed by atoms with E-state index in [4.69, 9.17) is 5.26 Å². The van der Waals surface area contributed by atoms with Crippen LogP contribution in [-0.2, 0) is 6.42 Å². The second-order valence-electron chi connectivity index (χ2n) is 5.03. The van der Waals surface area contributed by atoms with Crippen LogP contribution >= 0.6 is 0 Å². The second-order valence-corrected chi connectivity index (χ2v) is 5.03. The maximum Gasteiger partial charge on any atom is 0.263 e. The highest BCUT2D eigenvalue weighted by atomic mass is 19.3. The summed E-state index contributed by atoms with van der Waals surface area (Å²) in [6.07, 6.45) is 0.900. The lowest BCUT2D eigenvalue weighted by Gasteiger charge is -2.12. The van der Waals surface area contributed by atoms with Crippen LogP contribution < -0.4 is 5.32 Å². The predicted octanol–water partition coefficient (Wildman–Crippen LogP) is 3.24. The Hall–Kier alpha value is -2.00. The average Bonchev–Trinajstić information content (AvgIpc) is 2.40. The SMILES string of the molecule is CC(=Nc1cc(C(F)F)ccc1CCCN(C)C)NC#N. The molecule has 1 N–H and O–H groups in total. The van der Waals surface area contributed by atoms with Crippen LogP contribution in [0, 0.1) is 11.5 Å². The maximum atomic E-state index is 12.8. The molecule has 0 bridgehead atoms. The molecule has 0 fully saturated rings. The average molecular weight is 294 g/mol. The quantitative estimate of drug-likeness (QED) is 0.379. The molecule has 4 nitrogen and oxygen atoms in total. The van der Waals surface area contributed by atoms with E-state index >= 15 is 0 Å². The Balaban J connectivity index is 3.00. The normalized spacial score (nSPS) is 11.8. The number of nitrogens with one attached hydrogen (secondary N) is 1. The number of nitriles is 1. The standard InChI is InChI=1S/C15H20F2N4/c1-11(19-10-18)20-14-9-13(15(16)17)7-6-12(14)5-4-8-21(2)3/h6-7,9,15H,4-5,8H2,1-3H3,(H,19,20). The zero-order valence-corrected chi connectivity index (χ0v) is 12.5. The van der Waals surface area contributed by atoms with Gasteiger partial charge in [0.25, 0.3) is 6.43 Å². The number of hydrogen-bond donors (Lipinski definition) is 1. The van der Waals surface area contributed by atoms with Crippen molar-refractivity contribution >= 4 is 11.5 Å². The first-order valence-electron chi connectivity index (χ1n) is 6.70. The minimum atomic E-state index is -2.53. The van der Waals surface area contributed by atoms with E-state index < -0.39 is 6.43 Å². The van der Waals surface area contributed by atoms with Gasteiger partial charge in [-0.15, -0.1) is 0 Å². The number of nitrogens with zero attached hydrogens (tertiary/aromatic N) is 3. The number of aryl methyl sites for hydroxylation is 1. The Bertz CT molecular complexity index is 533. The van der Waals surface area contributed by atoms with Gasteiger partial charge in [-0.3, -0.25) is 5.32 Å². The molecule has 0 aliphatic rings. The number of aliphatic imine (C=N–C) groups is 1. The third kappa shape index (κ3) is 5.88. The van der Waals surface area contributed by atoms with E-state index in [-0.39, 0.29) is 5.56 Å². The lowest BCUT2D eigenvalue weighted by atomic mass is 10.0. The van der Waals surface area contributed by atoms with Gasteiger partial charge < -0.3 is 4.90 Å². The van der Waals surface area contributed by atoms with Crippen LogP contribution in [0.3, 0.4) is 0 Å². The van der Waals surface area contributed by atoms with Gasteiger partial charge in [-0.2, -0.15) is 5.26 Å². The molecule has 0 saturated heterocycles. The molecule has 0 spiro atoms. The van der Waals surface area contributed by atoms with E-state index in [1.165, 1.54) is 12.1 Å². The molecule has 21 heavy (non-hydrogen) atoms. The molecule has 0 radical (unpaired) electrons. The molecular formula is C15H20F2N4. The first kappa shape index (κ1) is 17.1. The Labute approximate surface area is 124 Å². The summed E-state index contributed by atoms with van der Waals surface area (Å²) in [5, 5.41) is 11.0. The summed E-state index contributed by atoms with van der Waals surface area (Å²) in [5.74, 6) is 0.387. The van der Waals surface area contributed by atoms with Crippen molar-refractivity contribution in [1.82, 2.24) is 10.2 Å². The second kappa shape index (κ2) is 8.32. The Morgan fingerprint density at radius 2 is 2.14 bits per heavy atom. The minimum absolute atomic E-state index is 0.0603. The van der Waals surface area contributed by atoms with Gasteiger partial charge in [0.2, 0.25) is 0 Å². The summed E-state index contributed by atoms with van der Waals surface area (Å²) in [4.78, 5) is 6.29. The molecule has 114 valence electrons. The van der Waals surface area contributed by atoms with Crippen molar-refractivity contribution in [3.8, 4) is 6.19 Å². The number of benzene rings is 1. The molecule has 0 aromatic heterocycles. The van der Waals surface area contributed by atoms with Gasteiger partial charge in [-0.1, -0.05) is 12.1 Å². The smallest absolute Gasteiger partial charge is 0.263 e. The summed E-state index contributed by atoms with van der Waals surface area (Å²) >= 11 is 0. The van der Waals surface area contributed by atoms with E-state index in [1.54, 1.807) is 19.2 Å². The molecule has 1 aromatic carbocycles. The van der Waals surface area contributed by atoms with Crippen molar-refractivity contribution in [2.45, 2.75) is 26.2 Å². The van der Waals surface area contributed by atoms with Gasteiger partial charge in [0.05, 0.1) is 5.69 Å². The van der Waals surface area contributed by atoms with E-state index in [0.717, 1.165) is 24.9 Å². The Morgan fingerprint density at radius 1 is 1.43 bits per heavy atom. The van der Waals surface area contributed by atoms with Crippen molar-refractivity contribution < 1.29 is 8.78 Å². The molecule has 0 saturated carbocycles. The van der Waals surface area contributed by atoms with Gasteiger partial charge in [0.15, 0.2) is 6.19 Å². The zero-order valence-electron chi connectivity index (χ0n) is 12.5. The van der Waals surface area contributed by atoms with Gasteiger partial charge in [-0.05, 0) is 52.0 Å². The zero-order chi connectivity index (χ0) is 15.8. The Kier molecular flexibility index (Phi) is 6.76. The van der Waals surface area contributed by atoms with Crippen LogP contribution in [-0.4, -0.2) is 31.4 Å². The lowest BCUT2D eigenvalue weighted by Crippen LogP contribution is -2.14. The largest absolute Gasteiger partial charge is 0.309 e. The summed E-state index contributed by atoms with van der Waals surface area (Å²) in [6, 6.07) is 4.51. The van der Waals surface area contributed by atoms with E-state index in [2.05, 4.69) is 15.2 Å². The molecule has 6 heteroatoms. The molecule has 1 aromatic rings.